The van der Waals surface area contributed by atoms with Gasteiger partial charge in [-0.2, -0.15) is 0 Å². The Morgan fingerprint density at radius 1 is 1.06 bits per heavy atom. The molecular formula is C24H26N6O3. The number of aryl methyl sites for hydroxylation is 2. The van der Waals surface area contributed by atoms with Crippen LogP contribution in [0.5, 0.6) is 0 Å². The lowest BCUT2D eigenvalue weighted by Gasteiger charge is -2.32. The van der Waals surface area contributed by atoms with Crippen LogP contribution in [0.25, 0.3) is 22.1 Å². The van der Waals surface area contributed by atoms with Crippen molar-refractivity contribution in [2.24, 2.45) is 13.0 Å². The second kappa shape index (κ2) is 8.65. The molecular weight excluding hydrogens is 420 g/mol. The van der Waals surface area contributed by atoms with Crippen LogP contribution in [0.4, 0.5) is 0 Å². The van der Waals surface area contributed by atoms with Crippen LogP contribution in [0.15, 0.2) is 58.5 Å². The van der Waals surface area contributed by atoms with Crippen molar-refractivity contribution in [1.82, 2.24) is 28.6 Å². The van der Waals surface area contributed by atoms with Gasteiger partial charge in [0, 0.05) is 45.8 Å². The minimum atomic E-state index is -0.124. The van der Waals surface area contributed by atoms with Crippen LogP contribution >= 0.6 is 0 Å². The molecule has 1 aliphatic heterocycles. The van der Waals surface area contributed by atoms with Crippen LogP contribution in [0.2, 0.25) is 0 Å². The van der Waals surface area contributed by atoms with Crippen molar-refractivity contribution in [3.63, 3.8) is 0 Å². The summed E-state index contributed by atoms with van der Waals surface area (Å²) in [7, 11) is 1.76. The molecule has 0 atom stereocenters. The molecule has 1 amide bonds. The molecule has 0 radical (unpaired) electrons. The van der Waals surface area contributed by atoms with Gasteiger partial charge in [-0.15, -0.1) is 0 Å². The molecule has 1 aliphatic rings. The van der Waals surface area contributed by atoms with Crippen molar-refractivity contribution < 1.29 is 4.79 Å². The molecule has 1 saturated heterocycles. The standard InChI is InChI=1S/C24H26N6O3/c1-27-20-7-4-11-25-22(20)30(24(27)33)15-17-8-12-28(13-9-17)21(31)10-14-29-16-26-19-6-3-2-5-18(19)23(29)32/h2-7,11,16-17H,8-10,12-15H2,1H3. The largest absolute Gasteiger partial charge is 0.343 e. The van der Waals surface area contributed by atoms with Crippen LogP contribution < -0.4 is 11.2 Å². The molecule has 4 aromatic rings. The number of para-hydroxylation sites is 1. The minimum absolute atomic E-state index is 0.0394. The summed E-state index contributed by atoms with van der Waals surface area (Å²) in [4.78, 5) is 48.6. The minimum Gasteiger partial charge on any atom is -0.343 e. The smallest absolute Gasteiger partial charge is 0.330 e. The van der Waals surface area contributed by atoms with Gasteiger partial charge in [0.05, 0.1) is 22.7 Å². The maximum atomic E-state index is 12.8. The summed E-state index contributed by atoms with van der Waals surface area (Å²) in [5, 5.41) is 0.562. The van der Waals surface area contributed by atoms with Crippen LogP contribution in [0.1, 0.15) is 19.3 Å². The Morgan fingerprint density at radius 2 is 1.85 bits per heavy atom. The van der Waals surface area contributed by atoms with E-state index in [0.717, 1.165) is 18.4 Å². The van der Waals surface area contributed by atoms with Crippen molar-refractivity contribution in [3.8, 4) is 0 Å². The highest BCUT2D eigenvalue weighted by Crippen LogP contribution is 2.21. The van der Waals surface area contributed by atoms with Gasteiger partial charge in [-0.05, 0) is 43.0 Å². The first-order chi connectivity index (χ1) is 16.0. The van der Waals surface area contributed by atoms with Gasteiger partial charge in [0.2, 0.25) is 5.91 Å². The zero-order valence-electron chi connectivity index (χ0n) is 18.6. The molecule has 0 saturated carbocycles. The highest BCUT2D eigenvalue weighted by Gasteiger charge is 2.24. The number of pyridine rings is 1. The molecule has 0 spiro atoms. The number of hydrogen-bond acceptors (Lipinski definition) is 5. The molecule has 5 rings (SSSR count). The molecule has 0 aliphatic carbocycles. The van der Waals surface area contributed by atoms with Crippen LogP contribution in [0, 0.1) is 5.92 Å². The van der Waals surface area contributed by atoms with Gasteiger partial charge < -0.3 is 4.90 Å². The number of amides is 1. The van der Waals surface area contributed by atoms with E-state index >= 15 is 0 Å². The number of rotatable bonds is 5. The summed E-state index contributed by atoms with van der Waals surface area (Å²) in [6, 6.07) is 11.0. The summed E-state index contributed by atoms with van der Waals surface area (Å²) in [5.41, 5.74) is 2.01. The highest BCUT2D eigenvalue weighted by molar-refractivity contribution is 5.77. The average Bonchev–Trinajstić information content (AvgIpc) is 3.09. The van der Waals surface area contributed by atoms with Crippen molar-refractivity contribution in [2.75, 3.05) is 13.1 Å². The number of nitrogens with zero attached hydrogens (tertiary/aromatic N) is 6. The Bertz CT molecular complexity index is 1440. The van der Waals surface area contributed by atoms with E-state index in [1.165, 1.54) is 10.9 Å². The summed E-state index contributed by atoms with van der Waals surface area (Å²) in [6.45, 7) is 2.22. The van der Waals surface area contributed by atoms with Crippen molar-refractivity contribution >= 4 is 28.0 Å². The van der Waals surface area contributed by atoms with Gasteiger partial charge in [0.15, 0.2) is 5.65 Å². The predicted octanol–water partition coefficient (Wildman–Crippen LogP) is 1.77. The topological polar surface area (TPSA) is 95.0 Å². The normalized spacial score (nSPS) is 14.9. The number of piperidine rings is 1. The highest BCUT2D eigenvalue weighted by atomic mass is 16.2. The number of carbonyl (C=O) groups is 1. The molecule has 1 aromatic carbocycles. The molecule has 1 fully saturated rings. The molecule has 9 nitrogen and oxygen atoms in total. The van der Waals surface area contributed by atoms with E-state index in [-0.39, 0.29) is 23.6 Å². The van der Waals surface area contributed by atoms with Gasteiger partial charge >= 0.3 is 5.69 Å². The van der Waals surface area contributed by atoms with Gasteiger partial charge in [-0.3, -0.25) is 23.3 Å². The van der Waals surface area contributed by atoms with Gasteiger partial charge in [-0.25, -0.2) is 14.8 Å². The number of benzene rings is 1. The van der Waals surface area contributed by atoms with Crippen LogP contribution in [0.3, 0.4) is 0 Å². The zero-order chi connectivity index (χ0) is 22.9. The Kier molecular flexibility index (Phi) is 5.53. The van der Waals surface area contributed by atoms with E-state index in [1.54, 1.807) is 34.5 Å². The molecule has 9 heteroatoms. The summed E-state index contributed by atoms with van der Waals surface area (Å²) in [5.74, 6) is 0.351. The lowest BCUT2D eigenvalue weighted by molar-refractivity contribution is -0.132. The molecule has 0 N–H and O–H groups in total. The van der Waals surface area contributed by atoms with E-state index in [4.69, 9.17) is 0 Å². The van der Waals surface area contributed by atoms with Gasteiger partial charge in [0.25, 0.3) is 5.56 Å². The van der Waals surface area contributed by atoms with E-state index in [2.05, 4.69) is 9.97 Å². The van der Waals surface area contributed by atoms with E-state index in [9.17, 15) is 14.4 Å². The number of fused-ring (bicyclic) bond motifs is 2. The third-order valence-corrected chi connectivity index (χ3v) is 6.61. The summed E-state index contributed by atoms with van der Waals surface area (Å²) < 4.78 is 4.88. The average molecular weight is 447 g/mol. The first-order valence-electron chi connectivity index (χ1n) is 11.2. The Hall–Kier alpha value is -3.75. The van der Waals surface area contributed by atoms with Crippen LogP contribution in [-0.4, -0.2) is 47.6 Å². The van der Waals surface area contributed by atoms with E-state index < -0.39 is 0 Å². The molecule has 33 heavy (non-hydrogen) atoms. The third kappa shape index (κ3) is 3.94. The Balaban J connectivity index is 1.19. The molecule has 0 bridgehead atoms. The number of hydrogen-bond donors (Lipinski definition) is 0. The first kappa shape index (κ1) is 21.1. The predicted molar refractivity (Wildman–Crippen MR) is 125 cm³/mol. The van der Waals surface area contributed by atoms with E-state index in [0.29, 0.717) is 48.6 Å². The molecule has 4 heterocycles. The third-order valence-electron chi connectivity index (χ3n) is 6.61. The molecule has 0 unspecified atom stereocenters. The Labute approximate surface area is 189 Å². The molecule has 170 valence electrons. The molecule has 3 aromatic heterocycles. The van der Waals surface area contributed by atoms with Crippen LogP contribution in [-0.2, 0) is 24.9 Å². The number of aromatic nitrogens is 5. The fourth-order valence-corrected chi connectivity index (χ4v) is 4.66. The lowest BCUT2D eigenvalue weighted by Crippen LogP contribution is -2.40. The quantitative estimate of drug-likeness (QED) is 0.466. The van der Waals surface area contributed by atoms with Gasteiger partial charge in [-0.1, -0.05) is 12.1 Å². The van der Waals surface area contributed by atoms with Gasteiger partial charge in [0.1, 0.15) is 0 Å². The Morgan fingerprint density at radius 3 is 2.67 bits per heavy atom. The first-order valence-corrected chi connectivity index (χ1v) is 11.2. The number of carbonyl (C=O) groups excluding carboxylic acids is 1. The monoisotopic (exact) mass is 446 g/mol. The van der Waals surface area contributed by atoms with Crippen molar-refractivity contribution in [3.05, 3.63) is 69.8 Å². The summed E-state index contributed by atoms with van der Waals surface area (Å²) in [6.07, 6.45) is 5.14. The van der Waals surface area contributed by atoms with Crippen molar-refractivity contribution in [1.29, 1.82) is 0 Å². The SMILES string of the molecule is Cn1c(=O)n(CC2CCN(C(=O)CCn3cnc4ccccc4c3=O)CC2)c2ncccc21. The number of likely N-dealkylation sites (tertiary alicyclic amines) is 1. The second-order valence-electron chi connectivity index (χ2n) is 8.63. The lowest BCUT2D eigenvalue weighted by atomic mass is 9.96. The fourth-order valence-electron chi connectivity index (χ4n) is 4.66. The maximum Gasteiger partial charge on any atom is 0.330 e. The zero-order valence-corrected chi connectivity index (χ0v) is 18.6. The maximum absolute atomic E-state index is 12.8. The second-order valence-corrected chi connectivity index (χ2v) is 8.63. The van der Waals surface area contributed by atoms with Crippen molar-refractivity contribution in [2.45, 2.75) is 32.4 Å². The summed E-state index contributed by atoms with van der Waals surface area (Å²) >= 11 is 0. The van der Waals surface area contributed by atoms with E-state index in [1.807, 2.05) is 29.2 Å². The number of imidazole rings is 1. The fraction of sp³-hybridized carbons (Fsp3) is 0.375.